The van der Waals surface area contributed by atoms with Crippen LogP contribution in [0.1, 0.15) is 24.0 Å². The topological polar surface area (TPSA) is 46.6 Å². The highest BCUT2D eigenvalue weighted by atomic mass is 35.5. The minimum absolute atomic E-state index is 0.00248. The van der Waals surface area contributed by atoms with E-state index in [-0.39, 0.29) is 18.3 Å². The van der Waals surface area contributed by atoms with Crippen molar-refractivity contribution < 1.29 is 14.3 Å². The van der Waals surface area contributed by atoms with E-state index in [1.165, 1.54) is 0 Å². The summed E-state index contributed by atoms with van der Waals surface area (Å²) in [6, 6.07) is 3.63. The Morgan fingerprint density at radius 1 is 1.25 bits per heavy atom. The fourth-order valence-electron chi connectivity index (χ4n) is 2.36. The van der Waals surface area contributed by atoms with E-state index >= 15 is 0 Å². The molecule has 1 aromatic rings. The van der Waals surface area contributed by atoms with Crippen LogP contribution in [0.25, 0.3) is 0 Å². The summed E-state index contributed by atoms with van der Waals surface area (Å²) >= 11 is 5.96. The Balaban J connectivity index is 1.95. The minimum Gasteiger partial charge on any atom is -0.483 e. The molecule has 0 saturated carbocycles. The molecule has 1 aromatic carbocycles. The van der Waals surface area contributed by atoms with Gasteiger partial charge < -0.3 is 9.64 Å². The molecule has 1 amide bonds. The Morgan fingerprint density at radius 2 is 1.80 bits per heavy atom. The number of ether oxygens (including phenoxy) is 1. The number of carbonyl (C=O) groups excluding carboxylic acids is 2. The first-order valence-electron chi connectivity index (χ1n) is 6.66. The van der Waals surface area contributed by atoms with Gasteiger partial charge in [-0.15, -0.1) is 0 Å². The van der Waals surface area contributed by atoms with E-state index in [1.54, 1.807) is 4.90 Å². The summed E-state index contributed by atoms with van der Waals surface area (Å²) in [5, 5.41) is 0.660. The number of carbonyl (C=O) groups is 2. The molecule has 1 fully saturated rings. The molecular weight excluding hydrogens is 278 g/mol. The number of likely N-dealkylation sites (tertiary alicyclic amines) is 1. The number of hydrogen-bond acceptors (Lipinski definition) is 3. The lowest BCUT2D eigenvalue weighted by Crippen LogP contribution is -2.41. The maximum Gasteiger partial charge on any atom is 0.260 e. The average Bonchev–Trinajstić information content (AvgIpc) is 2.38. The highest BCUT2D eigenvalue weighted by molar-refractivity contribution is 6.30. The number of Topliss-reactive ketones (excluding diaryl/α,β-unsaturated/α-hetero) is 1. The monoisotopic (exact) mass is 295 g/mol. The molecule has 0 bridgehead atoms. The fraction of sp³-hybridized carbons (Fsp3) is 0.467. The third-order valence-corrected chi connectivity index (χ3v) is 3.66. The van der Waals surface area contributed by atoms with Crippen molar-refractivity contribution in [2.75, 3.05) is 19.7 Å². The van der Waals surface area contributed by atoms with Gasteiger partial charge in [-0.1, -0.05) is 11.6 Å². The quantitative estimate of drug-likeness (QED) is 0.861. The Kier molecular flexibility index (Phi) is 4.65. The van der Waals surface area contributed by atoms with Crippen molar-refractivity contribution in [3.63, 3.8) is 0 Å². The zero-order valence-corrected chi connectivity index (χ0v) is 12.5. The molecule has 1 aliphatic rings. The van der Waals surface area contributed by atoms with E-state index in [1.807, 2.05) is 26.0 Å². The lowest BCUT2D eigenvalue weighted by atomic mass is 10.1. The van der Waals surface area contributed by atoms with Crippen LogP contribution in [0.5, 0.6) is 5.75 Å². The molecule has 108 valence electrons. The van der Waals surface area contributed by atoms with Crippen molar-refractivity contribution in [1.29, 1.82) is 0 Å². The number of halogens is 1. The van der Waals surface area contributed by atoms with Crippen LogP contribution in [0, 0.1) is 13.8 Å². The summed E-state index contributed by atoms with van der Waals surface area (Å²) in [5.41, 5.74) is 1.83. The minimum atomic E-state index is -0.0775. The van der Waals surface area contributed by atoms with Crippen molar-refractivity contribution in [2.24, 2.45) is 0 Å². The number of nitrogens with zero attached hydrogens (tertiary/aromatic N) is 1. The molecular formula is C15H18ClNO3. The Bertz CT molecular complexity index is 509. The van der Waals surface area contributed by atoms with Crippen LogP contribution in [0.3, 0.4) is 0 Å². The Labute approximate surface area is 123 Å². The van der Waals surface area contributed by atoms with Crippen LogP contribution in [0.2, 0.25) is 5.02 Å². The van der Waals surface area contributed by atoms with Gasteiger partial charge in [-0.2, -0.15) is 0 Å². The molecule has 0 atom stereocenters. The van der Waals surface area contributed by atoms with Crippen LogP contribution >= 0.6 is 11.6 Å². The van der Waals surface area contributed by atoms with Crippen LogP contribution in [0.15, 0.2) is 12.1 Å². The molecule has 0 N–H and O–H groups in total. The number of hydrogen-bond donors (Lipinski definition) is 0. The number of amides is 1. The largest absolute Gasteiger partial charge is 0.483 e. The van der Waals surface area contributed by atoms with Crippen molar-refractivity contribution in [3.8, 4) is 5.75 Å². The molecule has 0 aliphatic carbocycles. The maximum absolute atomic E-state index is 12.0. The van der Waals surface area contributed by atoms with Crippen LogP contribution in [-0.2, 0) is 9.59 Å². The molecule has 0 radical (unpaired) electrons. The van der Waals surface area contributed by atoms with Gasteiger partial charge in [-0.25, -0.2) is 0 Å². The summed E-state index contributed by atoms with van der Waals surface area (Å²) in [5.74, 6) is 0.849. The van der Waals surface area contributed by atoms with Gasteiger partial charge in [0.15, 0.2) is 6.61 Å². The van der Waals surface area contributed by atoms with E-state index in [2.05, 4.69) is 0 Å². The van der Waals surface area contributed by atoms with Crippen molar-refractivity contribution in [3.05, 3.63) is 28.3 Å². The van der Waals surface area contributed by atoms with E-state index in [4.69, 9.17) is 16.3 Å². The normalized spacial score (nSPS) is 15.3. The van der Waals surface area contributed by atoms with E-state index < -0.39 is 0 Å². The zero-order chi connectivity index (χ0) is 14.7. The molecule has 0 spiro atoms. The van der Waals surface area contributed by atoms with Gasteiger partial charge in [0.2, 0.25) is 0 Å². The Morgan fingerprint density at radius 3 is 2.35 bits per heavy atom. The molecule has 2 rings (SSSR count). The van der Waals surface area contributed by atoms with Crippen LogP contribution in [0.4, 0.5) is 0 Å². The molecule has 20 heavy (non-hydrogen) atoms. The van der Waals surface area contributed by atoms with Gasteiger partial charge >= 0.3 is 0 Å². The summed E-state index contributed by atoms with van der Waals surface area (Å²) in [6.45, 7) is 4.80. The maximum atomic E-state index is 12.0. The molecule has 1 aliphatic heterocycles. The highest BCUT2D eigenvalue weighted by Gasteiger charge is 2.21. The standard InChI is InChI=1S/C15H18ClNO3/c1-10-7-12(16)8-11(2)15(10)20-9-14(19)17-5-3-13(18)4-6-17/h7-8H,3-6,9H2,1-2H3. The first-order chi connectivity index (χ1) is 9.47. The van der Waals surface area contributed by atoms with Gasteiger partial charge in [0.25, 0.3) is 5.91 Å². The molecule has 1 heterocycles. The predicted molar refractivity (Wildman–Crippen MR) is 77.2 cm³/mol. The van der Waals surface area contributed by atoms with E-state index in [0.29, 0.717) is 36.7 Å². The van der Waals surface area contributed by atoms with Crippen molar-refractivity contribution >= 4 is 23.3 Å². The Hall–Kier alpha value is -1.55. The fourth-order valence-corrected chi connectivity index (χ4v) is 2.68. The highest BCUT2D eigenvalue weighted by Crippen LogP contribution is 2.27. The van der Waals surface area contributed by atoms with Crippen LogP contribution < -0.4 is 4.74 Å². The van der Waals surface area contributed by atoms with Crippen molar-refractivity contribution in [1.82, 2.24) is 4.90 Å². The summed E-state index contributed by atoms with van der Waals surface area (Å²) in [7, 11) is 0. The first kappa shape index (κ1) is 14.9. The van der Waals surface area contributed by atoms with Gasteiger partial charge in [-0.3, -0.25) is 9.59 Å². The SMILES string of the molecule is Cc1cc(Cl)cc(C)c1OCC(=O)N1CCC(=O)CC1. The lowest BCUT2D eigenvalue weighted by molar-refractivity contribution is -0.136. The molecule has 1 saturated heterocycles. The molecule has 5 heteroatoms. The number of rotatable bonds is 3. The smallest absolute Gasteiger partial charge is 0.260 e. The molecule has 0 aromatic heterocycles. The van der Waals surface area contributed by atoms with E-state index in [0.717, 1.165) is 11.1 Å². The lowest BCUT2D eigenvalue weighted by Gasteiger charge is -2.26. The first-order valence-corrected chi connectivity index (χ1v) is 7.04. The van der Waals surface area contributed by atoms with Gasteiger partial charge in [0, 0.05) is 31.0 Å². The van der Waals surface area contributed by atoms with Gasteiger partial charge in [-0.05, 0) is 37.1 Å². The number of piperidine rings is 1. The van der Waals surface area contributed by atoms with Crippen molar-refractivity contribution in [2.45, 2.75) is 26.7 Å². The zero-order valence-electron chi connectivity index (χ0n) is 11.7. The summed E-state index contributed by atoms with van der Waals surface area (Å²) < 4.78 is 5.63. The predicted octanol–water partition coefficient (Wildman–Crippen LogP) is 2.53. The molecule has 4 nitrogen and oxygen atoms in total. The summed E-state index contributed by atoms with van der Waals surface area (Å²) in [4.78, 5) is 24.9. The number of benzene rings is 1. The summed E-state index contributed by atoms with van der Waals surface area (Å²) in [6.07, 6.45) is 0.898. The average molecular weight is 296 g/mol. The molecule has 0 unspecified atom stereocenters. The second kappa shape index (κ2) is 6.27. The second-order valence-corrected chi connectivity index (χ2v) is 5.51. The third kappa shape index (κ3) is 3.51. The van der Waals surface area contributed by atoms with Gasteiger partial charge in [0.05, 0.1) is 0 Å². The number of ketones is 1. The van der Waals surface area contributed by atoms with E-state index in [9.17, 15) is 9.59 Å². The third-order valence-electron chi connectivity index (χ3n) is 3.44. The number of aryl methyl sites for hydroxylation is 2. The second-order valence-electron chi connectivity index (χ2n) is 5.08. The van der Waals surface area contributed by atoms with Crippen LogP contribution in [-0.4, -0.2) is 36.3 Å². The van der Waals surface area contributed by atoms with Gasteiger partial charge in [0.1, 0.15) is 11.5 Å².